The summed E-state index contributed by atoms with van der Waals surface area (Å²) in [7, 11) is 0. The summed E-state index contributed by atoms with van der Waals surface area (Å²) in [5.74, 6) is 0. The van der Waals surface area contributed by atoms with Gasteiger partial charge in [-0.15, -0.1) is 17.0 Å². The maximum atomic E-state index is 7.31. The molecule has 0 aliphatic heterocycles. The van der Waals surface area contributed by atoms with Gasteiger partial charge in [-0.1, -0.05) is 0 Å². The molecular formula is H4AsBrO3. The van der Waals surface area contributed by atoms with Gasteiger partial charge in [-0.25, -0.2) is 0 Å². The molecule has 0 rings (SSSR count). The molecule has 3 nitrogen and oxygen atoms in total. The van der Waals surface area contributed by atoms with E-state index in [2.05, 4.69) is 0 Å². The Morgan fingerprint density at radius 1 is 1.00 bits per heavy atom. The molecule has 0 saturated carbocycles. The zero-order chi connectivity index (χ0) is 3.58. The third-order valence-electron chi connectivity index (χ3n) is 0. The van der Waals surface area contributed by atoms with E-state index in [1.807, 2.05) is 0 Å². The molecule has 0 aromatic rings. The predicted molar refractivity (Wildman–Crippen MR) is 22.7 cm³/mol. The molecule has 0 atom stereocenters. The molecule has 0 amide bonds. The molecule has 0 fully saturated rings. The van der Waals surface area contributed by atoms with Gasteiger partial charge in [0.15, 0.2) is 0 Å². The van der Waals surface area contributed by atoms with Crippen LogP contribution in [-0.4, -0.2) is 28.0 Å². The molecule has 5 heteroatoms. The van der Waals surface area contributed by atoms with Crippen molar-refractivity contribution in [3.8, 4) is 0 Å². The summed E-state index contributed by atoms with van der Waals surface area (Å²) in [5, 5.41) is 0. The van der Waals surface area contributed by atoms with Gasteiger partial charge in [0.25, 0.3) is 0 Å². The van der Waals surface area contributed by atoms with Crippen LogP contribution in [0.25, 0.3) is 0 Å². The van der Waals surface area contributed by atoms with Gasteiger partial charge in [0.1, 0.15) is 0 Å². The number of rotatable bonds is 0. The molecule has 0 aromatic heterocycles. The van der Waals surface area contributed by atoms with E-state index < -0.39 is 15.7 Å². The molecule has 0 heterocycles. The first-order valence-corrected chi connectivity index (χ1v) is 3.12. The molecule has 34 valence electrons. The van der Waals surface area contributed by atoms with Crippen molar-refractivity contribution in [1.82, 2.24) is 0 Å². The normalized spacial score (nSPS) is 7.20. The first kappa shape index (κ1) is 9.32. The zero-order valence-corrected chi connectivity index (χ0v) is 5.79. The van der Waals surface area contributed by atoms with Crippen molar-refractivity contribution in [3.63, 3.8) is 0 Å². The van der Waals surface area contributed by atoms with Gasteiger partial charge in [-0.2, -0.15) is 0 Å². The van der Waals surface area contributed by atoms with Crippen LogP contribution in [0.5, 0.6) is 0 Å². The summed E-state index contributed by atoms with van der Waals surface area (Å²) in [5.41, 5.74) is 0. The van der Waals surface area contributed by atoms with Crippen LogP contribution in [0.3, 0.4) is 0 Å². The van der Waals surface area contributed by atoms with E-state index in [9.17, 15) is 0 Å². The molecule has 0 bridgehead atoms. The average Bonchev–Trinajstić information content (AvgIpc) is 0.811. The Labute approximate surface area is 45.3 Å². The fraction of sp³-hybridized carbons (Fsp3) is 0. The Morgan fingerprint density at radius 3 is 1.00 bits per heavy atom. The van der Waals surface area contributed by atoms with Crippen LogP contribution < -0.4 is 0 Å². The van der Waals surface area contributed by atoms with E-state index in [1.165, 1.54) is 0 Å². The summed E-state index contributed by atoms with van der Waals surface area (Å²) < 4.78 is 21.9. The van der Waals surface area contributed by atoms with E-state index in [0.29, 0.717) is 0 Å². The van der Waals surface area contributed by atoms with Crippen LogP contribution in [0.4, 0.5) is 0 Å². The summed E-state index contributed by atoms with van der Waals surface area (Å²) in [6, 6.07) is 0. The van der Waals surface area contributed by atoms with Gasteiger partial charge in [0.05, 0.1) is 0 Å². The molecule has 5 heavy (non-hydrogen) atoms. The fourth-order valence-electron chi connectivity index (χ4n) is 0. The third-order valence-corrected chi connectivity index (χ3v) is 0. The summed E-state index contributed by atoms with van der Waals surface area (Å²) in [6.07, 6.45) is 0. The molecule has 0 unspecified atom stereocenters. The summed E-state index contributed by atoms with van der Waals surface area (Å²) in [4.78, 5) is 0. The Morgan fingerprint density at radius 2 is 1.00 bits per heavy atom. The average molecular weight is 207 g/mol. The first-order chi connectivity index (χ1) is 1.73. The van der Waals surface area contributed by atoms with Gasteiger partial charge >= 0.3 is 28.0 Å². The van der Waals surface area contributed by atoms with Crippen molar-refractivity contribution < 1.29 is 12.3 Å². The number of hydrogen-bond donors (Lipinski definition) is 3. The molecule has 3 N–H and O–H groups in total. The third kappa shape index (κ3) is 49.7. The van der Waals surface area contributed by atoms with E-state index in [4.69, 9.17) is 12.3 Å². The van der Waals surface area contributed by atoms with Crippen molar-refractivity contribution in [2.75, 3.05) is 0 Å². The molecule has 0 radical (unpaired) electrons. The molecule has 0 saturated heterocycles. The van der Waals surface area contributed by atoms with E-state index >= 15 is 0 Å². The van der Waals surface area contributed by atoms with E-state index in [-0.39, 0.29) is 17.0 Å². The Bertz CT molecular complexity index is 11.6. The molecule has 0 aromatic carbocycles. The van der Waals surface area contributed by atoms with Crippen LogP contribution in [0.2, 0.25) is 0 Å². The second kappa shape index (κ2) is 4.92. The minimum atomic E-state index is -3.19. The van der Waals surface area contributed by atoms with Crippen molar-refractivity contribution in [1.29, 1.82) is 0 Å². The Kier molecular flexibility index (Phi) is 9.17. The van der Waals surface area contributed by atoms with E-state index in [0.717, 1.165) is 0 Å². The standard InChI is InChI=1S/AsH3O3.BrH/c2-1(3)4;/h2-4H;1H. The second-order valence-electron chi connectivity index (χ2n) is 0.268. The number of hydrogen-bond acceptors (Lipinski definition) is 3. The van der Waals surface area contributed by atoms with Gasteiger partial charge in [0, 0.05) is 0 Å². The minimum absolute atomic E-state index is 0. The van der Waals surface area contributed by atoms with Crippen LogP contribution in [0.15, 0.2) is 0 Å². The SMILES string of the molecule is Br.O[As](O)O. The van der Waals surface area contributed by atoms with Gasteiger partial charge in [0.2, 0.25) is 0 Å². The Hall–Kier alpha value is 0.918. The monoisotopic (exact) mass is 206 g/mol. The van der Waals surface area contributed by atoms with Crippen molar-refractivity contribution in [2.45, 2.75) is 0 Å². The summed E-state index contributed by atoms with van der Waals surface area (Å²) in [6.45, 7) is 0. The van der Waals surface area contributed by atoms with Crippen LogP contribution >= 0.6 is 17.0 Å². The zero-order valence-electron chi connectivity index (χ0n) is 2.20. The van der Waals surface area contributed by atoms with Crippen LogP contribution in [0.1, 0.15) is 0 Å². The fourth-order valence-corrected chi connectivity index (χ4v) is 0. The van der Waals surface area contributed by atoms with Crippen molar-refractivity contribution >= 4 is 32.7 Å². The molecule has 0 spiro atoms. The predicted octanol–water partition coefficient (Wildman–Crippen LogP) is -1.47. The Balaban J connectivity index is 0. The maximum absolute atomic E-state index is 7.31. The second-order valence-corrected chi connectivity index (χ2v) is 1.39. The van der Waals surface area contributed by atoms with Crippen LogP contribution in [-0.2, 0) is 0 Å². The van der Waals surface area contributed by atoms with Gasteiger partial charge < -0.3 is 0 Å². The van der Waals surface area contributed by atoms with Gasteiger partial charge in [-0.05, 0) is 0 Å². The van der Waals surface area contributed by atoms with Crippen molar-refractivity contribution in [3.05, 3.63) is 0 Å². The van der Waals surface area contributed by atoms with Crippen molar-refractivity contribution in [2.24, 2.45) is 0 Å². The van der Waals surface area contributed by atoms with Crippen LogP contribution in [0, 0.1) is 0 Å². The quantitative estimate of drug-likeness (QED) is 0.424. The first-order valence-electron chi connectivity index (χ1n) is 0.600. The van der Waals surface area contributed by atoms with Gasteiger partial charge in [-0.3, -0.25) is 0 Å². The van der Waals surface area contributed by atoms with E-state index in [1.54, 1.807) is 0 Å². The summed E-state index contributed by atoms with van der Waals surface area (Å²) >= 11 is -3.19. The topological polar surface area (TPSA) is 60.7 Å². The molecule has 0 aliphatic carbocycles. The molecular weight excluding hydrogens is 203 g/mol. The molecule has 0 aliphatic rings. The number of halogens is 1.